The van der Waals surface area contributed by atoms with Crippen molar-refractivity contribution in [3.05, 3.63) is 65.9 Å². The summed E-state index contributed by atoms with van der Waals surface area (Å²) in [7, 11) is 0. The molecule has 4 heteroatoms. The van der Waals surface area contributed by atoms with Gasteiger partial charge in [-0.1, -0.05) is 36.4 Å². The van der Waals surface area contributed by atoms with Crippen LogP contribution in [0.2, 0.25) is 0 Å². The number of carbonyl (C=O) groups is 2. The molecule has 0 radical (unpaired) electrons. The summed E-state index contributed by atoms with van der Waals surface area (Å²) in [5.74, 6) is 0.0775. The predicted molar refractivity (Wildman–Crippen MR) is 99.1 cm³/mol. The Labute approximate surface area is 146 Å². The third-order valence-corrected chi connectivity index (χ3v) is 4.88. The van der Waals surface area contributed by atoms with Crippen molar-refractivity contribution in [1.29, 1.82) is 0 Å². The molecule has 4 nitrogen and oxygen atoms in total. The Morgan fingerprint density at radius 2 is 1.80 bits per heavy atom. The molecule has 2 aromatic carbocycles. The molecule has 0 saturated carbocycles. The number of para-hydroxylation sites is 2. The summed E-state index contributed by atoms with van der Waals surface area (Å²) in [5, 5.41) is 0.904. The van der Waals surface area contributed by atoms with Crippen LogP contribution < -0.4 is 4.90 Å². The molecule has 0 bridgehead atoms. The summed E-state index contributed by atoms with van der Waals surface area (Å²) in [6.45, 7) is 2.55. The second-order valence-corrected chi connectivity index (χ2v) is 6.52. The van der Waals surface area contributed by atoms with Crippen molar-refractivity contribution in [2.24, 2.45) is 0 Å². The fourth-order valence-corrected chi connectivity index (χ4v) is 3.68. The molecule has 2 heterocycles. The summed E-state index contributed by atoms with van der Waals surface area (Å²) in [6.07, 6.45) is 3.80. The topological polar surface area (TPSA) is 42.3 Å². The van der Waals surface area contributed by atoms with E-state index >= 15 is 0 Å². The molecule has 0 saturated heterocycles. The molecule has 1 amide bonds. The third-order valence-electron chi connectivity index (χ3n) is 4.88. The van der Waals surface area contributed by atoms with Gasteiger partial charge < -0.3 is 9.47 Å². The van der Waals surface area contributed by atoms with E-state index < -0.39 is 0 Å². The van der Waals surface area contributed by atoms with Gasteiger partial charge in [-0.05, 0) is 37.5 Å². The lowest BCUT2D eigenvalue weighted by Gasteiger charge is -2.29. The SMILES string of the molecule is CC(=O)c1cn(CC(=O)N2CCCc3ccccc32)c2ccccc12. The molecule has 0 N–H and O–H groups in total. The van der Waals surface area contributed by atoms with Crippen LogP contribution in [0.15, 0.2) is 54.7 Å². The Hall–Kier alpha value is -2.88. The molecule has 126 valence electrons. The van der Waals surface area contributed by atoms with Gasteiger partial charge in [-0.15, -0.1) is 0 Å². The lowest BCUT2D eigenvalue weighted by atomic mass is 10.0. The summed E-state index contributed by atoms with van der Waals surface area (Å²) in [4.78, 5) is 26.8. The molecular formula is C21H20N2O2. The van der Waals surface area contributed by atoms with E-state index in [1.807, 2.05) is 51.9 Å². The minimum Gasteiger partial charge on any atom is -0.337 e. The van der Waals surface area contributed by atoms with Gasteiger partial charge in [0.1, 0.15) is 6.54 Å². The average Bonchev–Trinajstić information content (AvgIpc) is 3.00. The van der Waals surface area contributed by atoms with Crippen molar-refractivity contribution < 1.29 is 9.59 Å². The van der Waals surface area contributed by atoms with E-state index in [1.54, 1.807) is 13.1 Å². The average molecular weight is 332 g/mol. The van der Waals surface area contributed by atoms with Crippen molar-refractivity contribution >= 4 is 28.3 Å². The van der Waals surface area contributed by atoms with Crippen LogP contribution in [0.5, 0.6) is 0 Å². The van der Waals surface area contributed by atoms with Crippen molar-refractivity contribution in [3.8, 4) is 0 Å². The number of carbonyl (C=O) groups excluding carboxylic acids is 2. The zero-order valence-electron chi connectivity index (χ0n) is 14.2. The maximum absolute atomic E-state index is 13.0. The van der Waals surface area contributed by atoms with Crippen molar-refractivity contribution in [3.63, 3.8) is 0 Å². The van der Waals surface area contributed by atoms with Crippen molar-refractivity contribution in [2.45, 2.75) is 26.3 Å². The van der Waals surface area contributed by atoms with E-state index in [2.05, 4.69) is 6.07 Å². The number of aromatic nitrogens is 1. The van der Waals surface area contributed by atoms with Crippen molar-refractivity contribution in [1.82, 2.24) is 4.57 Å². The number of hydrogen-bond donors (Lipinski definition) is 0. The molecule has 1 aromatic heterocycles. The normalized spacial score (nSPS) is 13.7. The van der Waals surface area contributed by atoms with Crippen LogP contribution in [0.3, 0.4) is 0 Å². The smallest absolute Gasteiger partial charge is 0.246 e. The van der Waals surface area contributed by atoms with Crippen LogP contribution in [0, 0.1) is 0 Å². The van der Waals surface area contributed by atoms with Gasteiger partial charge in [0.15, 0.2) is 5.78 Å². The Kier molecular flexibility index (Phi) is 3.88. The monoisotopic (exact) mass is 332 g/mol. The molecular weight excluding hydrogens is 312 g/mol. The predicted octanol–water partition coefficient (Wildman–Crippen LogP) is 3.82. The van der Waals surface area contributed by atoms with Gasteiger partial charge in [-0.25, -0.2) is 0 Å². The van der Waals surface area contributed by atoms with E-state index in [1.165, 1.54) is 5.56 Å². The van der Waals surface area contributed by atoms with Crippen LogP contribution in [-0.4, -0.2) is 22.8 Å². The van der Waals surface area contributed by atoms with E-state index in [0.717, 1.165) is 36.0 Å². The maximum Gasteiger partial charge on any atom is 0.246 e. The quantitative estimate of drug-likeness (QED) is 0.684. The van der Waals surface area contributed by atoms with Crippen LogP contribution in [0.25, 0.3) is 10.9 Å². The fraction of sp³-hybridized carbons (Fsp3) is 0.238. The second-order valence-electron chi connectivity index (χ2n) is 6.52. The number of amides is 1. The molecule has 25 heavy (non-hydrogen) atoms. The number of ketones is 1. The molecule has 0 fully saturated rings. The molecule has 0 aliphatic carbocycles. The largest absolute Gasteiger partial charge is 0.337 e. The first-order chi connectivity index (χ1) is 12.1. The van der Waals surface area contributed by atoms with Crippen molar-refractivity contribution in [2.75, 3.05) is 11.4 Å². The Balaban J connectivity index is 1.69. The van der Waals surface area contributed by atoms with Gasteiger partial charge >= 0.3 is 0 Å². The number of aryl methyl sites for hydroxylation is 1. The summed E-state index contributed by atoms with van der Waals surface area (Å²) in [5.41, 5.74) is 3.83. The first-order valence-electron chi connectivity index (χ1n) is 8.62. The van der Waals surface area contributed by atoms with Crippen LogP contribution >= 0.6 is 0 Å². The highest BCUT2D eigenvalue weighted by atomic mass is 16.2. The molecule has 4 rings (SSSR count). The molecule has 0 atom stereocenters. The number of fused-ring (bicyclic) bond motifs is 2. The summed E-state index contributed by atoms with van der Waals surface area (Å²) >= 11 is 0. The Morgan fingerprint density at radius 1 is 1.04 bits per heavy atom. The molecule has 1 aliphatic heterocycles. The highest BCUT2D eigenvalue weighted by Gasteiger charge is 2.23. The van der Waals surface area contributed by atoms with Crippen LogP contribution in [-0.2, 0) is 17.8 Å². The Morgan fingerprint density at radius 3 is 2.64 bits per heavy atom. The number of anilines is 1. The molecule has 0 spiro atoms. The number of nitrogens with zero attached hydrogens (tertiary/aromatic N) is 2. The zero-order chi connectivity index (χ0) is 17.4. The molecule has 0 unspecified atom stereocenters. The lowest BCUT2D eigenvalue weighted by Crippen LogP contribution is -2.37. The molecule has 1 aliphatic rings. The fourth-order valence-electron chi connectivity index (χ4n) is 3.68. The minimum absolute atomic E-state index is 0.0192. The summed E-state index contributed by atoms with van der Waals surface area (Å²) in [6, 6.07) is 15.8. The number of rotatable bonds is 3. The van der Waals surface area contributed by atoms with E-state index in [9.17, 15) is 9.59 Å². The van der Waals surface area contributed by atoms with E-state index in [4.69, 9.17) is 0 Å². The standard InChI is InChI=1S/C21H20N2O2/c1-15(24)18-13-22(20-11-5-3-9-17(18)20)14-21(25)23-12-6-8-16-7-2-4-10-19(16)23/h2-5,7,9-11,13H,6,8,12,14H2,1H3. The minimum atomic E-state index is 0.0192. The van der Waals surface area contributed by atoms with Crippen LogP contribution in [0.4, 0.5) is 5.69 Å². The highest BCUT2D eigenvalue weighted by Crippen LogP contribution is 2.28. The van der Waals surface area contributed by atoms with Gasteiger partial charge in [-0.2, -0.15) is 0 Å². The lowest BCUT2D eigenvalue weighted by molar-refractivity contribution is -0.119. The Bertz CT molecular complexity index is 971. The number of benzene rings is 2. The number of hydrogen-bond acceptors (Lipinski definition) is 2. The number of Topliss-reactive ketones (excluding diaryl/α,β-unsaturated/α-hetero) is 1. The highest BCUT2D eigenvalue weighted by molar-refractivity contribution is 6.07. The zero-order valence-corrected chi connectivity index (χ0v) is 14.2. The van der Waals surface area contributed by atoms with Gasteiger partial charge in [0, 0.05) is 34.9 Å². The van der Waals surface area contributed by atoms with Gasteiger partial charge in [0.05, 0.1) is 0 Å². The summed E-state index contributed by atoms with van der Waals surface area (Å²) < 4.78 is 1.89. The first kappa shape index (κ1) is 15.6. The van der Waals surface area contributed by atoms with Gasteiger partial charge in [0.2, 0.25) is 5.91 Å². The third kappa shape index (κ3) is 2.74. The van der Waals surface area contributed by atoms with Gasteiger partial charge in [0.25, 0.3) is 0 Å². The van der Waals surface area contributed by atoms with Crippen LogP contribution in [0.1, 0.15) is 29.3 Å². The first-order valence-corrected chi connectivity index (χ1v) is 8.62. The maximum atomic E-state index is 13.0. The van der Waals surface area contributed by atoms with E-state index in [-0.39, 0.29) is 18.2 Å². The second kappa shape index (κ2) is 6.20. The van der Waals surface area contributed by atoms with Gasteiger partial charge in [-0.3, -0.25) is 9.59 Å². The molecule has 3 aromatic rings. The van der Waals surface area contributed by atoms with E-state index in [0.29, 0.717) is 5.56 Å².